The standard InChI is InChI=1S/C12H20N2O3/c13-9-5-3-1-2-4-8(9)10(15)14-12(6-7-12)11(16)17/h8-9H,1-7,13H2,(H,14,15)(H,16,17). The van der Waals surface area contributed by atoms with E-state index in [-0.39, 0.29) is 17.9 Å². The quantitative estimate of drug-likeness (QED) is 0.631. The van der Waals surface area contributed by atoms with Gasteiger partial charge < -0.3 is 16.2 Å². The van der Waals surface area contributed by atoms with E-state index >= 15 is 0 Å². The molecular formula is C12H20N2O3. The lowest BCUT2D eigenvalue weighted by Crippen LogP contribution is -2.49. The van der Waals surface area contributed by atoms with Crippen LogP contribution < -0.4 is 11.1 Å². The summed E-state index contributed by atoms with van der Waals surface area (Å²) in [6.07, 6.45) is 5.90. The van der Waals surface area contributed by atoms with Gasteiger partial charge in [-0.25, -0.2) is 4.79 Å². The Bertz CT molecular complexity index is 326. The highest BCUT2D eigenvalue weighted by Crippen LogP contribution is 2.36. The van der Waals surface area contributed by atoms with Crippen LogP contribution in [0.2, 0.25) is 0 Å². The number of amides is 1. The maximum atomic E-state index is 12.1. The first kappa shape index (κ1) is 12.4. The molecule has 5 heteroatoms. The van der Waals surface area contributed by atoms with Crippen molar-refractivity contribution in [2.75, 3.05) is 0 Å². The van der Waals surface area contributed by atoms with Crippen LogP contribution in [0.15, 0.2) is 0 Å². The normalized spacial score (nSPS) is 31.4. The molecule has 2 atom stereocenters. The summed E-state index contributed by atoms with van der Waals surface area (Å²) in [5.74, 6) is -1.30. The van der Waals surface area contributed by atoms with Crippen molar-refractivity contribution in [3.05, 3.63) is 0 Å². The summed E-state index contributed by atoms with van der Waals surface area (Å²) >= 11 is 0. The molecule has 0 spiro atoms. The van der Waals surface area contributed by atoms with E-state index in [1.165, 1.54) is 0 Å². The SMILES string of the molecule is NC1CCCCCC1C(=O)NC1(C(=O)O)CC1. The molecule has 0 aromatic heterocycles. The highest BCUT2D eigenvalue weighted by molar-refractivity contribution is 5.90. The van der Waals surface area contributed by atoms with Crippen molar-refractivity contribution >= 4 is 11.9 Å². The average molecular weight is 240 g/mol. The number of carboxylic acid groups (broad SMARTS) is 1. The summed E-state index contributed by atoms with van der Waals surface area (Å²) in [7, 11) is 0. The Kier molecular flexibility index (Phi) is 3.38. The van der Waals surface area contributed by atoms with Gasteiger partial charge in [0.25, 0.3) is 0 Å². The molecule has 0 aromatic rings. The number of nitrogens with two attached hydrogens (primary N) is 1. The third-order valence-electron chi connectivity index (χ3n) is 3.93. The van der Waals surface area contributed by atoms with Crippen molar-refractivity contribution in [1.29, 1.82) is 0 Å². The van der Waals surface area contributed by atoms with Crippen LogP contribution in [-0.4, -0.2) is 28.6 Å². The molecule has 2 saturated carbocycles. The molecule has 0 bridgehead atoms. The molecule has 2 unspecified atom stereocenters. The van der Waals surface area contributed by atoms with Crippen LogP contribution in [0.4, 0.5) is 0 Å². The van der Waals surface area contributed by atoms with Crippen molar-refractivity contribution in [1.82, 2.24) is 5.32 Å². The predicted octanol–water partition coefficient (Wildman–Crippen LogP) is 0.627. The summed E-state index contributed by atoms with van der Waals surface area (Å²) in [5.41, 5.74) is 5.00. The number of rotatable bonds is 3. The molecule has 0 radical (unpaired) electrons. The van der Waals surface area contributed by atoms with Gasteiger partial charge in [0, 0.05) is 6.04 Å². The number of hydrogen-bond acceptors (Lipinski definition) is 3. The lowest BCUT2D eigenvalue weighted by Gasteiger charge is -2.22. The summed E-state index contributed by atoms with van der Waals surface area (Å²) in [6, 6.07) is -0.123. The van der Waals surface area contributed by atoms with Gasteiger partial charge in [-0.3, -0.25) is 4.79 Å². The van der Waals surface area contributed by atoms with Gasteiger partial charge in [0.1, 0.15) is 5.54 Å². The second-order valence-electron chi connectivity index (χ2n) is 5.28. The van der Waals surface area contributed by atoms with Crippen LogP contribution >= 0.6 is 0 Å². The largest absolute Gasteiger partial charge is 0.480 e. The van der Waals surface area contributed by atoms with Crippen molar-refractivity contribution < 1.29 is 14.7 Å². The monoisotopic (exact) mass is 240 g/mol. The van der Waals surface area contributed by atoms with Crippen LogP contribution in [0.1, 0.15) is 44.9 Å². The third-order valence-corrected chi connectivity index (χ3v) is 3.93. The number of hydrogen-bond donors (Lipinski definition) is 3. The number of carboxylic acids is 1. The maximum absolute atomic E-state index is 12.1. The number of aliphatic carboxylic acids is 1. The number of carbonyl (C=O) groups excluding carboxylic acids is 1. The zero-order chi connectivity index (χ0) is 12.5. The van der Waals surface area contributed by atoms with E-state index in [1.807, 2.05) is 0 Å². The van der Waals surface area contributed by atoms with Gasteiger partial charge in [-0.15, -0.1) is 0 Å². The number of nitrogens with one attached hydrogen (secondary N) is 1. The van der Waals surface area contributed by atoms with Gasteiger partial charge in [-0.1, -0.05) is 19.3 Å². The minimum Gasteiger partial charge on any atom is -0.480 e. The first-order chi connectivity index (χ1) is 8.05. The molecule has 17 heavy (non-hydrogen) atoms. The first-order valence-electron chi connectivity index (χ1n) is 6.36. The van der Waals surface area contributed by atoms with Gasteiger partial charge in [0.15, 0.2) is 0 Å². The molecule has 0 heterocycles. The Labute approximate surface area is 101 Å². The third kappa shape index (κ3) is 2.60. The molecule has 0 saturated heterocycles. The molecule has 4 N–H and O–H groups in total. The van der Waals surface area contributed by atoms with Crippen molar-refractivity contribution in [2.45, 2.75) is 56.5 Å². The summed E-state index contributed by atoms with van der Waals surface area (Å²) in [4.78, 5) is 23.1. The lowest BCUT2D eigenvalue weighted by molar-refractivity contribution is -0.144. The second-order valence-corrected chi connectivity index (χ2v) is 5.28. The highest BCUT2D eigenvalue weighted by atomic mass is 16.4. The van der Waals surface area contributed by atoms with Crippen molar-refractivity contribution in [3.63, 3.8) is 0 Å². The van der Waals surface area contributed by atoms with E-state index in [1.54, 1.807) is 0 Å². The van der Waals surface area contributed by atoms with Gasteiger partial charge in [0.2, 0.25) is 5.91 Å². The zero-order valence-electron chi connectivity index (χ0n) is 9.95. The van der Waals surface area contributed by atoms with Gasteiger partial charge >= 0.3 is 5.97 Å². The molecule has 2 aliphatic rings. The zero-order valence-corrected chi connectivity index (χ0v) is 9.95. The highest BCUT2D eigenvalue weighted by Gasteiger charge is 2.52. The van der Waals surface area contributed by atoms with E-state index < -0.39 is 11.5 Å². The fourth-order valence-corrected chi connectivity index (χ4v) is 2.51. The average Bonchev–Trinajstić information content (AvgIpc) is 3.04. The summed E-state index contributed by atoms with van der Waals surface area (Å²) in [5, 5.41) is 11.7. The van der Waals surface area contributed by atoms with Crippen LogP contribution in [0.5, 0.6) is 0 Å². The molecule has 2 rings (SSSR count). The van der Waals surface area contributed by atoms with Crippen LogP contribution in [-0.2, 0) is 9.59 Å². The van der Waals surface area contributed by atoms with E-state index in [0.717, 1.165) is 32.1 Å². The second kappa shape index (κ2) is 4.64. The van der Waals surface area contributed by atoms with Crippen molar-refractivity contribution in [3.8, 4) is 0 Å². The van der Waals surface area contributed by atoms with Crippen molar-refractivity contribution in [2.24, 2.45) is 11.7 Å². The first-order valence-corrected chi connectivity index (χ1v) is 6.36. The summed E-state index contributed by atoms with van der Waals surface area (Å²) < 4.78 is 0. The Morgan fingerprint density at radius 2 is 1.82 bits per heavy atom. The molecule has 2 fully saturated rings. The van der Waals surface area contributed by atoms with Gasteiger partial charge in [-0.05, 0) is 25.7 Å². The fraction of sp³-hybridized carbons (Fsp3) is 0.833. The van der Waals surface area contributed by atoms with Crippen LogP contribution in [0.25, 0.3) is 0 Å². The minimum atomic E-state index is -0.983. The summed E-state index contributed by atoms with van der Waals surface area (Å²) in [6.45, 7) is 0. The Hall–Kier alpha value is -1.10. The van der Waals surface area contributed by atoms with E-state index in [9.17, 15) is 9.59 Å². The van der Waals surface area contributed by atoms with E-state index in [2.05, 4.69) is 5.32 Å². The van der Waals surface area contributed by atoms with E-state index in [0.29, 0.717) is 12.8 Å². The Balaban J connectivity index is 1.97. The van der Waals surface area contributed by atoms with Crippen LogP contribution in [0, 0.1) is 5.92 Å². The molecular weight excluding hydrogens is 220 g/mol. The Morgan fingerprint density at radius 3 is 2.41 bits per heavy atom. The van der Waals surface area contributed by atoms with Gasteiger partial charge in [0.05, 0.1) is 5.92 Å². The van der Waals surface area contributed by atoms with Crippen LogP contribution in [0.3, 0.4) is 0 Å². The van der Waals surface area contributed by atoms with E-state index in [4.69, 9.17) is 10.8 Å². The fourth-order valence-electron chi connectivity index (χ4n) is 2.51. The van der Waals surface area contributed by atoms with Gasteiger partial charge in [-0.2, -0.15) is 0 Å². The predicted molar refractivity (Wildman–Crippen MR) is 62.3 cm³/mol. The smallest absolute Gasteiger partial charge is 0.329 e. The molecule has 96 valence electrons. The maximum Gasteiger partial charge on any atom is 0.329 e. The lowest BCUT2D eigenvalue weighted by atomic mass is 9.94. The molecule has 0 aliphatic heterocycles. The molecule has 5 nitrogen and oxygen atoms in total. The minimum absolute atomic E-state index is 0.123. The number of carbonyl (C=O) groups is 2. The molecule has 0 aromatic carbocycles. The Morgan fingerprint density at radius 1 is 1.18 bits per heavy atom. The molecule has 1 amide bonds. The topological polar surface area (TPSA) is 92.4 Å². The molecule has 2 aliphatic carbocycles.